The van der Waals surface area contributed by atoms with Gasteiger partial charge in [-0.25, -0.2) is 4.99 Å². The number of aliphatic imine (C=N–C) groups is 1. The number of rotatable bonds is 7. The maximum atomic E-state index is 4.80. The van der Waals surface area contributed by atoms with Crippen molar-refractivity contribution >= 4 is 41.7 Å². The molecule has 0 amide bonds. The highest BCUT2D eigenvalue weighted by Gasteiger charge is 2.24. The molecule has 0 aliphatic heterocycles. The third kappa shape index (κ3) is 7.03. The fourth-order valence-corrected chi connectivity index (χ4v) is 4.17. The molecule has 1 heterocycles. The molecule has 2 atom stereocenters. The second-order valence-electron chi connectivity index (χ2n) is 6.73. The molecule has 2 aromatic rings. The summed E-state index contributed by atoms with van der Waals surface area (Å²) in [6.07, 6.45) is 9.77. The van der Waals surface area contributed by atoms with E-state index in [1.54, 1.807) is 0 Å². The first-order valence-electron chi connectivity index (χ1n) is 9.39. The zero-order chi connectivity index (χ0) is 18.2. The van der Waals surface area contributed by atoms with E-state index in [1.807, 2.05) is 34.9 Å². The van der Waals surface area contributed by atoms with Crippen LogP contribution in [0, 0.1) is 0 Å². The van der Waals surface area contributed by atoms with E-state index in [1.165, 1.54) is 30.4 Å². The molecule has 0 bridgehead atoms. The molecular formula is C20H30IN5S. The number of guanidine groups is 1. The molecule has 5 nitrogen and oxygen atoms in total. The Morgan fingerprint density at radius 1 is 1.30 bits per heavy atom. The van der Waals surface area contributed by atoms with Crippen molar-refractivity contribution in [2.24, 2.45) is 4.99 Å². The molecule has 7 heteroatoms. The van der Waals surface area contributed by atoms with Crippen LogP contribution in [0.25, 0.3) is 0 Å². The summed E-state index contributed by atoms with van der Waals surface area (Å²) in [6.45, 7) is 4.47. The molecule has 0 radical (unpaired) electrons. The fourth-order valence-electron chi connectivity index (χ4n) is 3.38. The number of hydrogen-bond acceptors (Lipinski definition) is 3. The van der Waals surface area contributed by atoms with Gasteiger partial charge in [0.05, 0.1) is 13.1 Å². The third-order valence-electron chi connectivity index (χ3n) is 4.72. The van der Waals surface area contributed by atoms with Gasteiger partial charge in [-0.15, -0.1) is 24.0 Å². The molecule has 1 fully saturated rings. The maximum Gasteiger partial charge on any atom is 0.191 e. The van der Waals surface area contributed by atoms with Crippen molar-refractivity contribution in [2.75, 3.05) is 12.8 Å². The molecule has 1 saturated carbocycles. The fraction of sp³-hybridized carbons (Fsp3) is 0.500. The number of nitrogens with zero attached hydrogens (tertiary/aromatic N) is 3. The topological polar surface area (TPSA) is 54.2 Å². The second kappa shape index (κ2) is 11.6. The molecule has 27 heavy (non-hydrogen) atoms. The average molecular weight is 499 g/mol. The number of aromatic nitrogens is 2. The zero-order valence-corrected chi connectivity index (χ0v) is 19.2. The van der Waals surface area contributed by atoms with E-state index in [0.29, 0.717) is 12.6 Å². The van der Waals surface area contributed by atoms with Crippen LogP contribution in [0.4, 0.5) is 0 Å². The first-order chi connectivity index (χ1) is 12.8. The van der Waals surface area contributed by atoms with Crippen LogP contribution in [0.15, 0.2) is 47.7 Å². The second-order valence-corrected chi connectivity index (χ2v) is 7.87. The highest BCUT2D eigenvalue weighted by molar-refractivity contribution is 14.0. The van der Waals surface area contributed by atoms with Gasteiger partial charge in [0.1, 0.15) is 0 Å². The maximum absolute atomic E-state index is 4.80. The summed E-state index contributed by atoms with van der Waals surface area (Å²) in [6, 6.07) is 11.1. The third-order valence-corrected chi connectivity index (χ3v) is 5.81. The van der Waals surface area contributed by atoms with Crippen LogP contribution >= 0.6 is 35.7 Å². The minimum Gasteiger partial charge on any atom is -0.357 e. The van der Waals surface area contributed by atoms with Gasteiger partial charge in [-0.2, -0.15) is 16.9 Å². The van der Waals surface area contributed by atoms with Crippen molar-refractivity contribution in [3.63, 3.8) is 0 Å². The Morgan fingerprint density at radius 2 is 2.15 bits per heavy atom. The number of thioether (sulfide) groups is 1. The van der Waals surface area contributed by atoms with Crippen molar-refractivity contribution in [1.82, 2.24) is 20.4 Å². The molecule has 1 aromatic carbocycles. The normalized spacial score (nSPS) is 19.6. The Balaban J connectivity index is 0.00000261. The van der Waals surface area contributed by atoms with Gasteiger partial charge in [0.25, 0.3) is 0 Å². The van der Waals surface area contributed by atoms with Gasteiger partial charge in [-0.3, -0.25) is 4.68 Å². The van der Waals surface area contributed by atoms with Crippen LogP contribution in [0.2, 0.25) is 0 Å². The number of hydrogen-bond donors (Lipinski definition) is 2. The summed E-state index contributed by atoms with van der Waals surface area (Å²) in [5.41, 5.74) is 2.47. The molecule has 0 spiro atoms. The molecule has 1 aliphatic carbocycles. The van der Waals surface area contributed by atoms with Gasteiger partial charge in [0.15, 0.2) is 5.96 Å². The smallest absolute Gasteiger partial charge is 0.191 e. The van der Waals surface area contributed by atoms with Crippen molar-refractivity contribution in [3.05, 3.63) is 53.9 Å². The van der Waals surface area contributed by atoms with E-state index < -0.39 is 0 Å². The van der Waals surface area contributed by atoms with E-state index in [9.17, 15) is 0 Å². The van der Waals surface area contributed by atoms with Crippen LogP contribution < -0.4 is 10.6 Å². The SMILES string of the molecule is CCNC(=NCc1cccc(Cn2cccn2)c1)NC1CCC(SC)C1.I. The summed E-state index contributed by atoms with van der Waals surface area (Å²) < 4.78 is 1.94. The highest BCUT2D eigenvalue weighted by atomic mass is 127. The van der Waals surface area contributed by atoms with E-state index in [0.717, 1.165) is 24.3 Å². The Hall–Kier alpha value is -1.22. The molecule has 3 rings (SSSR count). The van der Waals surface area contributed by atoms with Crippen molar-refractivity contribution in [2.45, 2.75) is 50.6 Å². The lowest BCUT2D eigenvalue weighted by Gasteiger charge is -2.17. The average Bonchev–Trinajstić information content (AvgIpc) is 3.32. The lowest BCUT2D eigenvalue weighted by molar-refractivity contribution is 0.615. The Kier molecular flexibility index (Phi) is 9.47. The van der Waals surface area contributed by atoms with Gasteiger partial charge in [0, 0.05) is 30.2 Å². The lowest BCUT2D eigenvalue weighted by atomic mass is 10.1. The minimum absolute atomic E-state index is 0. The largest absolute Gasteiger partial charge is 0.357 e. The molecule has 1 aliphatic rings. The Morgan fingerprint density at radius 3 is 2.85 bits per heavy atom. The summed E-state index contributed by atoms with van der Waals surface area (Å²) in [5.74, 6) is 0.928. The van der Waals surface area contributed by atoms with Crippen molar-refractivity contribution in [3.8, 4) is 0 Å². The lowest BCUT2D eigenvalue weighted by Crippen LogP contribution is -2.42. The van der Waals surface area contributed by atoms with E-state index in [-0.39, 0.29) is 24.0 Å². The van der Waals surface area contributed by atoms with Crippen LogP contribution in [0.5, 0.6) is 0 Å². The highest BCUT2D eigenvalue weighted by Crippen LogP contribution is 2.28. The van der Waals surface area contributed by atoms with E-state index in [2.05, 4.69) is 53.2 Å². The predicted octanol–water partition coefficient (Wildman–Crippen LogP) is 3.89. The van der Waals surface area contributed by atoms with Gasteiger partial charge in [0.2, 0.25) is 0 Å². The zero-order valence-electron chi connectivity index (χ0n) is 16.1. The van der Waals surface area contributed by atoms with E-state index in [4.69, 9.17) is 4.99 Å². The van der Waals surface area contributed by atoms with Crippen LogP contribution in [0.1, 0.15) is 37.3 Å². The minimum atomic E-state index is 0. The summed E-state index contributed by atoms with van der Waals surface area (Å²) in [4.78, 5) is 4.80. The molecular weight excluding hydrogens is 469 g/mol. The summed E-state index contributed by atoms with van der Waals surface area (Å²) in [5, 5.41) is 12.1. The Bertz CT molecular complexity index is 704. The molecule has 148 valence electrons. The van der Waals surface area contributed by atoms with Crippen LogP contribution in [-0.4, -0.2) is 39.8 Å². The quantitative estimate of drug-likeness (QED) is 0.345. The standard InChI is InChI=1S/C20H29N5S.HI/c1-3-21-20(24-18-8-9-19(13-18)26-2)22-14-16-6-4-7-17(12-16)15-25-11-5-10-23-25;/h4-7,10-12,18-19H,3,8-9,13-15H2,1-2H3,(H2,21,22,24);1H. The monoisotopic (exact) mass is 499 g/mol. The Labute approximate surface area is 183 Å². The number of halogens is 1. The first kappa shape index (κ1) is 22.1. The van der Waals surface area contributed by atoms with Gasteiger partial charge < -0.3 is 10.6 Å². The number of nitrogens with one attached hydrogen (secondary N) is 2. The molecule has 0 saturated heterocycles. The van der Waals surface area contributed by atoms with Crippen LogP contribution in [0.3, 0.4) is 0 Å². The number of benzene rings is 1. The van der Waals surface area contributed by atoms with Gasteiger partial charge in [-0.1, -0.05) is 24.3 Å². The van der Waals surface area contributed by atoms with Crippen molar-refractivity contribution < 1.29 is 0 Å². The van der Waals surface area contributed by atoms with Crippen molar-refractivity contribution in [1.29, 1.82) is 0 Å². The van der Waals surface area contributed by atoms with Crippen LogP contribution in [-0.2, 0) is 13.1 Å². The van der Waals surface area contributed by atoms with Gasteiger partial charge >= 0.3 is 0 Å². The molecule has 1 aromatic heterocycles. The van der Waals surface area contributed by atoms with Gasteiger partial charge in [-0.05, 0) is 49.6 Å². The summed E-state index contributed by atoms with van der Waals surface area (Å²) in [7, 11) is 0. The first-order valence-corrected chi connectivity index (χ1v) is 10.7. The van der Waals surface area contributed by atoms with E-state index >= 15 is 0 Å². The summed E-state index contributed by atoms with van der Waals surface area (Å²) >= 11 is 1.98. The molecule has 2 unspecified atom stereocenters. The predicted molar refractivity (Wildman–Crippen MR) is 126 cm³/mol. The molecule has 2 N–H and O–H groups in total.